The molecule has 0 fully saturated rings. The van der Waals surface area contributed by atoms with Crippen molar-refractivity contribution in [2.24, 2.45) is 0 Å². The molecule has 0 heterocycles. The molecule has 6 nitrogen and oxygen atoms in total. The van der Waals surface area contributed by atoms with Crippen molar-refractivity contribution in [3.8, 4) is 0 Å². The first-order valence-corrected chi connectivity index (χ1v) is 6.67. The minimum Gasteiger partial charge on any atom is -0.379 e. The lowest BCUT2D eigenvalue weighted by Crippen LogP contribution is -2.39. The Morgan fingerprint density at radius 1 is 1.39 bits per heavy atom. The van der Waals surface area contributed by atoms with E-state index in [1.165, 1.54) is 24.3 Å². The van der Waals surface area contributed by atoms with Crippen molar-refractivity contribution >= 4 is 17.3 Å². The lowest BCUT2D eigenvalue weighted by molar-refractivity contribution is -0.384. The first-order valence-electron chi connectivity index (χ1n) is 6.67. The van der Waals surface area contributed by atoms with Crippen LogP contribution in [0.15, 0.2) is 36.9 Å². The second-order valence-electron chi connectivity index (χ2n) is 4.63. The topological polar surface area (TPSA) is 75.5 Å². The van der Waals surface area contributed by atoms with Gasteiger partial charge in [0, 0.05) is 25.6 Å². The number of carbonyl (C=O) groups excluding carboxylic acids is 1. The zero-order chi connectivity index (χ0) is 17.5. The van der Waals surface area contributed by atoms with E-state index in [4.69, 9.17) is 0 Å². The normalized spacial score (nSPS) is 10.9. The summed E-state index contributed by atoms with van der Waals surface area (Å²) < 4.78 is 37.2. The van der Waals surface area contributed by atoms with Crippen LogP contribution in [-0.2, 0) is 4.79 Å². The van der Waals surface area contributed by atoms with E-state index in [1.807, 2.05) is 0 Å². The first kappa shape index (κ1) is 18.5. The average molecular weight is 331 g/mol. The second kappa shape index (κ2) is 8.16. The van der Waals surface area contributed by atoms with E-state index < -0.39 is 23.6 Å². The Morgan fingerprint density at radius 2 is 2.04 bits per heavy atom. The molecule has 1 N–H and O–H groups in total. The number of anilines is 1. The van der Waals surface area contributed by atoms with Crippen LogP contribution in [0.2, 0.25) is 0 Å². The molecule has 0 aliphatic carbocycles. The van der Waals surface area contributed by atoms with Gasteiger partial charge >= 0.3 is 6.18 Å². The number of alkyl halides is 3. The number of benzene rings is 1. The summed E-state index contributed by atoms with van der Waals surface area (Å²) in [5.41, 5.74) is 0.0366. The van der Waals surface area contributed by atoms with Gasteiger partial charge in [-0.15, -0.1) is 6.58 Å². The zero-order valence-corrected chi connectivity index (χ0v) is 12.2. The molecule has 126 valence electrons. The van der Waals surface area contributed by atoms with Crippen LogP contribution in [0.1, 0.15) is 6.42 Å². The van der Waals surface area contributed by atoms with E-state index >= 15 is 0 Å². The van der Waals surface area contributed by atoms with Crippen LogP contribution in [0.25, 0.3) is 0 Å². The number of nitro groups is 1. The van der Waals surface area contributed by atoms with Crippen LogP contribution in [0.5, 0.6) is 0 Å². The summed E-state index contributed by atoms with van der Waals surface area (Å²) in [7, 11) is 0. The zero-order valence-electron chi connectivity index (χ0n) is 12.2. The van der Waals surface area contributed by atoms with Crippen molar-refractivity contribution in [1.82, 2.24) is 4.90 Å². The van der Waals surface area contributed by atoms with Crippen LogP contribution in [0.3, 0.4) is 0 Å². The number of nitro benzene ring substituents is 1. The van der Waals surface area contributed by atoms with Gasteiger partial charge in [0.25, 0.3) is 5.69 Å². The summed E-state index contributed by atoms with van der Waals surface area (Å²) in [4.78, 5) is 22.7. The maximum Gasteiger partial charge on any atom is 0.406 e. The minimum absolute atomic E-state index is 0.0187. The number of nitrogens with one attached hydrogen (secondary N) is 1. The van der Waals surface area contributed by atoms with Gasteiger partial charge in [0.1, 0.15) is 12.2 Å². The smallest absolute Gasteiger partial charge is 0.379 e. The maximum atomic E-state index is 12.4. The van der Waals surface area contributed by atoms with Gasteiger partial charge < -0.3 is 10.2 Å². The van der Waals surface area contributed by atoms with Crippen molar-refractivity contribution < 1.29 is 22.9 Å². The van der Waals surface area contributed by atoms with Crippen LogP contribution in [0.4, 0.5) is 24.5 Å². The van der Waals surface area contributed by atoms with Gasteiger partial charge in [-0.25, -0.2) is 0 Å². The van der Waals surface area contributed by atoms with Crippen LogP contribution in [0, 0.1) is 10.1 Å². The van der Waals surface area contributed by atoms with Crippen LogP contribution < -0.4 is 5.32 Å². The molecule has 0 unspecified atom stereocenters. The van der Waals surface area contributed by atoms with E-state index in [2.05, 4.69) is 11.9 Å². The van der Waals surface area contributed by atoms with Crippen LogP contribution in [-0.4, -0.2) is 41.5 Å². The van der Waals surface area contributed by atoms with E-state index in [0.29, 0.717) is 4.90 Å². The summed E-state index contributed by atoms with van der Waals surface area (Å²) >= 11 is 0. The van der Waals surface area contributed by atoms with Crippen LogP contribution >= 0.6 is 0 Å². The summed E-state index contributed by atoms with van der Waals surface area (Å²) in [6.07, 6.45) is -3.51. The van der Waals surface area contributed by atoms with E-state index in [-0.39, 0.29) is 30.9 Å². The summed E-state index contributed by atoms with van der Waals surface area (Å²) in [5, 5.41) is 13.5. The Bertz CT molecular complexity index is 576. The molecule has 0 aliphatic heterocycles. The molecule has 0 spiro atoms. The first-order chi connectivity index (χ1) is 10.7. The number of halogens is 3. The molecular formula is C14H16F3N3O3. The average Bonchev–Trinajstić information content (AvgIpc) is 2.45. The molecule has 1 aromatic rings. The van der Waals surface area contributed by atoms with Crippen molar-refractivity contribution in [2.75, 3.05) is 25.0 Å². The standard InChI is InChI=1S/C14H16F3N3O3/c1-2-9-19(10-14(15,16)17)13(21)7-8-18-11-5-3-4-6-12(11)20(22)23/h2-6,18H,1,7-10H2. The molecule has 0 aliphatic rings. The van der Waals surface area contributed by atoms with E-state index in [0.717, 1.165) is 0 Å². The quantitative estimate of drug-likeness (QED) is 0.451. The highest BCUT2D eigenvalue weighted by atomic mass is 19.4. The molecule has 0 aromatic heterocycles. The molecule has 23 heavy (non-hydrogen) atoms. The van der Waals surface area contributed by atoms with Crippen molar-refractivity contribution in [2.45, 2.75) is 12.6 Å². The molecule has 0 radical (unpaired) electrons. The van der Waals surface area contributed by atoms with Gasteiger partial charge in [-0.2, -0.15) is 13.2 Å². The van der Waals surface area contributed by atoms with Crippen molar-refractivity contribution in [3.05, 3.63) is 47.0 Å². The third-order valence-electron chi connectivity index (χ3n) is 2.83. The van der Waals surface area contributed by atoms with E-state index in [9.17, 15) is 28.1 Å². The lowest BCUT2D eigenvalue weighted by atomic mass is 10.2. The molecule has 1 aromatic carbocycles. The number of rotatable bonds is 8. The highest BCUT2D eigenvalue weighted by molar-refractivity contribution is 5.77. The van der Waals surface area contributed by atoms with Gasteiger partial charge in [-0.05, 0) is 6.07 Å². The predicted molar refractivity (Wildman–Crippen MR) is 79.0 cm³/mol. The fourth-order valence-corrected chi connectivity index (χ4v) is 1.87. The molecular weight excluding hydrogens is 315 g/mol. The molecule has 0 atom stereocenters. The number of hydrogen-bond donors (Lipinski definition) is 1. The molecule has 1 rings (SSSR count). The molecule has 1 amide bonds. The summed E-state index contributed by atoms with van der Waals surface area (Å²) in [5.74, 6) is -0.715. The largest absolute Gasteiger partial charge is 0.406 e. The summed E-state index contributed by atoms with van der Waals surface area (Å²) in [6, 6.07) is 5.81. The fraction of sp³-hybridized carbons (Fsp3) is 0.357. The van der Waals surface area contributed by atoms with Gasteiger partial charge in [-0.1, -0.05) is 18.2 Å². The maximum absolute atomic E-state index is 12.4. The highest BCUT2D eigenvalue weighted by Crippen LogP contribution is 2.23. The minimum atomic E-state index is -4.50. The molecule has 0 saturated heterocycles. The van der Waals surface area contributed by atoms with Gasteiger partial charge in [0.15, 0.2) is 0 Å². The third-order valence-corrected chi connectivity index (χ3v) is 2.83. The van der Waals surface area contributed by atoms with Crippen molar-refractivity contribution in [1.29, 1.82) is 0 Å². The summed E-state index contributed by atoms with van der Waals surface area (Å²) in [6.45, 7) is 1.73. The molecule has 9 heteroatoms. The number of para-hydroxylation sites is 2. The predicted octanol–water partition coefficient (Wildman–Crippen LogP) is 2.97. The lowest BCUT2D eigenvalue weighted by Gasteiger charge is -2.22. The number of carbonyl (C=O) groups is 1. The fourth-order valence-electron chi connectivity index (χ4n) is 1.87. The number of nitrogens with zero attached hydrogens (tertiary/aromatic N) is 2. The molecule has 0 bridgehead atoms. The Balaban J connectivity index is 2.61. The monoisotopic (exact) mass is 331 g/mol. The number of amides is 1. The Morgan fingerprint density at radius 3 is 2.61 bits per heavy atom. The Labute approximate surface area is 130 Å². The Hall–Kier alpha value is -2.58. The van der Waals surface area contributed by atoms with Gasteiger partial charge in [0.05, 0.1) is 4.92 Å². The van der Waals surface area contributed by atoms with E-state index in [1.54, 1.807) is 6.07 Å². The Kier molecular flexibility index (Phi) is 6.55. The highest BCUT2D eigenvalue weighted by Gasteiger charge is 2.32. The molecule has 0 saturated carbocycles. The SMILES string of the molecule is C=CCN(CC(F)(F)F)C(=O)CCNc1ccccc1[N+](=O)[O-]. The second-order valence-corrected chi connectivity index (χ2v) is 4.63. The third kappa shape index (κ3) is 6.37. The van der Waals surface area contributed by atoms with Crippen molar-refractivity contribution in [3.63, 3.8) is 0 Å². The van der Waals surface area contributed by atoms with Gasteiger partial charge in [0.2, 0.25) is 5.91 Å². The number of hydrogen-bond acceptors (Lipinski definition) is 4. The van der Waals surface area contributed by atoms with Gasteiger partial charge in [-0.3, -0.25) is 14.9 Å².